The van der Waals surface area contributed by atoms with Crippen molar-refractivity contribution in [1.29, 1.82) is 5.26 Å². The zero-order chi connectivity index (χ0) is 15.6. The first kappa shape index (κ1) is 15.8. The lowest BCUT2D eigenvalue weighted by Crippen LogP contribution is -2.47. The standard InChI is InChI=1S/C16H20ClN3O/c1-16(2,10-19)14-7-6-13(20(14)15(21)9-18)11-4-3-5-12(17)8-11/h3-5,8,13-14H,6-7,9,18H2,1-2H3/t13-,14+/m0/s1. The second kappa shape index (κ2) is 6.05. The maximum Gasteiger partial charge on any atom is 0.237 e. The van der Waals surface area contributed by atoms with Crippen molar-refractivity contribution < 1.29 is 4.79 Å². The second-order valence-electron chi connectivity index (χ2n) is 6.00. The molecule has 4 nitrogen and oxygen atoms in total. The molecule has 2 atom stereocenters. The number of likely N-dealkylation sites (tertiary alicyclic amines) is 1. The number of nitriles is 1. The predicted octanol–water partition coefficient (Wildman–Crippen LogP) is 2.88. The monoisotopic (exact) mass is 305 g/mol. The average molecular weight is 306 g/mol. The van der Waals surface area contributed by atoms with Gasteiger partial charge in [-0.05, 0) is 44.4 Å². The highest BCUT2D eigenvalue weighted by atomic mass is 35.5. The lowest BCUT2D eigenvalue weighted by Gasteiger charge is -2.36. The van der Waals surface area contributed by atoms with E-state index in [1.807, 2.05) is 38.1 Å². The Morgan fingerprint density at radius 3 is 2.81 bits per heavy atom. The number of amides is 1. The Bertz CT molecular complexity index is 579. The second-order valence-corrected chi connectivity index (χ2v) is 6.44. The van der Waals surface area contributed by atoms with Crippen LogP contribution in [0.3, 0.4) is 0 Å². The molecule has 5 heteroatoms. The summed E-state index contributed by atoms with van der Waals surface area (Å²) in [6.07, 6.45) is 1.62. The maximum absolute atomic E-state index is 12.3. The van der Waals surface area contributed by atoms with Crippen molar-refractivity contribution in [1.82, 2.24) is 4.90 Å². The van der Waals surface area contributed by atoms with Crippen LogP contribution < -0.4 is 5.73 Å². The average Bonchev–Trinajstić information content (AvgIpc) is 2.92. The lowest BCUT2D eigenvalue weighted by molar-refractivity contribution is -0.134. The van der Waals surface area contributed by atoms with Crippen LogP contribution in [0.4, 0.5) is 0 Å². The molecule has 1 aromatic rings. The minimum atomic E-state index is -0.599. The molecular weight excluding hydrogens is 286 g/mol. The number of nitrogens with zero attached hydrogens (tertiary/aromatic N) is 2. The summed E-state index contributed by atoms with van der Waals surface area (Å²) in [4.78, 5) is 14.1. The number of hydrogen-bond donors (Lipinski definition) is 1. The van der Waals surface area contributed by atoms with Crippen molar-refractivity contribution in [2.75, 3.05) is 6.54 Å². The van der Waals surface area contributed by atoms with Gasteiger partial charge in [0, 0.05) is 5.02 Å². The van der Waals surface area contributed by atoms with E-state index < -0.39 is 5.41 Å². The molecule has 0 bridgehead atoms. The van der Waals surface area contributed by atoms with Crippen molar-refractivity contribution in [3.8, 4) is 6.07 Å². The third-order valence-electron chi connectivity index (χ3n) is 4.20. The molecule has 2 N–H and O–H groups in total. The van der Waals surface area contributed by atoms with Gasteiger partial charge in [-0.25, -0.2) is 0 Å². The fourth-order valence-electron chi connectivity index (χ4n) is 3.09. The van der Waals surface area contributed by atoms with Gasteiger partial charge < -0.3 is 10.6 Å². The van der Waals surface area contributed by atoms with E-state index in [2.05, 4.69) is 6.07 Å². The molecule has 1 aliphatic heterocycles. The van der Waals surface area contributed by atoms with Crippen LogP contribution in [0.5, 0.6) is 0 Å². The summed E-state index contributed by atoms with van der Waals surface area (Å²) in [5, 5.41) is 10.0. The number of carbonyl (C=O) groups excluding carboxylic acids is 1. The first-order valence-electron chi connectivity index (χ1n) is 7.08. The van der Waals surface area contributed by atoms with Gasteiger partial charge >= 0.3 is 0 Å². The molecule has 2 rings (SSSR count). The van der Waals surface area contributed by atoms with Gasteiger partial charge in [-0.1, -0.05) is 23.7 Å². The van der Waals surface area contributed by atoms with Crippen LogP contribution in [0.15, 0.2) is 24.3 Å². The largest absolute Gasteiger partial charge is 0.330 e. The number of hydrogen-bond acceptors (Lipinski definition) is 3. The SMILES string of the molecule is CC(C)(C#N)[C@H]1CC[C@@H](c2cccc(Cl)c2)N1C(=O)CN. The fourth-order valence-corrected chi connectivity index (χ4v) is 3.29. The number of nitrogens with two attached hydrogens (primary N) is 1. The van der Waals surface area contributed by atoms with Crippen molar-refractivity contribution >= 4 is 17.5 Å². The number of benzene rings is 1. The van der Waals surface area contributed by atoms with Crippen LogP contribution in [-0.2, 0) is 4.79 Å². The van der Waals surface area contributed by atoms with Crippen LogP contribution in [0, 0.1) is 16.7 Å². The molecule has 112 valence electrons. The maximum atomic E-state index is 12.3. The van der Waals surface area contributed by atoms with Crippen LogP contribution in [0.1, 0.15) is 38.3 Å². The third kappa shape index (κ3) is 3.04. The molecule has 0 spiro atoms. The molecule has 0 radical (unpaired) electrons. The van der Waals surface area contributed by atoms with Gasteiger partial charge in [-0.2, -0.15) is 5.26 Å². The zero-order valence-corrected chi connectivity index (χ0v) is 13.1. The van der Waals surface area contributed by atoms with E-state index in [1.54, 1.807) is 4.90 Å². The Balaban J connectivity index is 2.39. The molecule has 21 heavy (non-hydrogen) atoms. The van der Waals surface area contributed by atoms with Crippen LogP contribution in [0.2, 0.25) is 5.02 Å². The molecule has 0 unspecified atom stereocenters. The predicted molar refractivity (Wildman–Crippen MR) is 82.5 cm³/mol. The van der Waals surface area contributed by atoms with Gasteiger partial charge in [0.25, 0.3) is 0 Å². The molecule has 1 aromatic carbocycles. The van der Waals surface area contributed by atoms with Gasteiger partial charge in [0.1, 0.15) is 0 Å². The highest BCUT2D eigenvalue weighted by Gasteiger charge is 2.44. The summed E-state index contributed by atoms with van der Waals surface area (Å²) < 4.78 is 0. The molecule has 1 saturated heterocycles. The summed E-state index contributed by atoms with van der Waals surface area (Å²) in [6.45, 7) is 3.69. The Labute approximate surface area is 130 Å². The molecular formula is C16H20ClN3O. The lowest BCUT2D eigenvalue weighted by atomic mass is 9.84. The summed E-state index contributed by atoms with van der Waals surface area (Å²) >= 11 is 6.06. The van der Waals surface area contributed by atoms with E-state index in [9.17, 15) is 10.1 Å². The van der Waals surface area contributed by atoms with Crippen LogP contribution in [0.25, 0.3) is 0 Å². The Hall–Kier alpha value is -1.57. The van der Waals surface area contributed by atoms with E-state index in [0.29, 0.717) is 5.02 Å². The smallest absolute Gasteiger partial charge is 0.237 e. The van der Waals surface area contributed by atoms with E-state index in [1.165, 1.54) is 0 Å². The molecule has 1 aliphatic rings. The highest BCUT2D eigenvalue weighted by molar-refractivity contribution is 6.30. The topological polar surface area (TPSA) is 70.1 Å². The summed E-state index contributed by atoms with van der Waals surface area (Å²) in [7, 11) is 0. The van der Waals surface area contributed by atoms with E-state index in [4.69, 9.17) is 17.3 Å². The summed E-state index contributed by atoms with van der Waals surface area (Å²) in [6, 6.07) is 9.67. The van der Waals surface area contributed by atoms with E-state index >= 15 is 0 Å². The van der Waals surface area contributed by atoms with Crippen molar-refractivity contribution in [2.24, 2.45) is 11.1 Å². The van der Waals surface area contributed by atoms with Crippen molar-refractivity contribution in [2.45, 2.75) is 38.8 Å². The summed E-state index contributed by atoms with van der Waals surface area (Å²) in [5.41, 5.74) is 5.97. The van der Waals surface area contributed by atoms with Gasteiger partial charge in [0.2, 0.25) is 5.91 Å². The number of carbonyl (C=O) groups is 1. The Morgan fingerprint density at radius 1 is 1.52 bits per heavy atom. The van der Waals surface area contributed by atoms with Gasteiger partial charge in [0.05, 0.1) is 30.1 Å². The first-order valence-corrected chi connectivity index (χ1v) is 7.46. The Kier molecular flexibility index (Phi) is 4.55. The normalized spacial score (nSPS) is 22.1. The highest BCUT2D eigenvalue weighted by Crippen LogP contribution is 2.43. The number of rotatable bonds is 3. The molecule has 1 amide bonds. The van der Waals surface area contributed by atoms with Crippen molar-refractivity contribution in [3.05, 3.63) is 34.9 Å². The Morgan fingerprint density at radius 2 is 2.24 bits per heavy atom. The van der Waals surface area contributed by atoms with Crippen molar-refractivity contribution in [3.63, 3.8) is 0 Å². The fraction of sp³-hybridized carbons (Fsp3) is 0.500. The van der Waals surface area contributed by atoms with Gasteiger partial charge in [0.15, 0.2) is 0 Å². The number of halogens is 1. The minimum absolute atomic E-state index is 0.0466. The molecule has 0 aliphatic carbocycles. The molecule has 1 fully saturated rings. The summed E-state index contributed by atoms with van der Waals surface area (Å²) in [5.74, 6) is -0.120. The van der Waals surface area contributed by atoms with Crippen LogP contribution in [-0.4, -0.2) is 23.4 Å². The third-order valence-corrected chi connectivity index (χ3v) is 4.44. The minimum Gasteiger partial charge on any atom is -0.330 e. The quantitative estimate of drug-likeness (QED) is 0.933. The molecule has 1 heterocycles. The molecule has 0 saturated carbocycles. The van der Waals surface area contributed by atoms with Crippen LogP contribution >= 0.6 is 11.6 Å². The van der Waals surface area contributed by atoms with E-state index in [0.717, 1.165) is 18.4 Å². The molecule has 0 aromatic heterocycles. The van der Waals surface area contributed by atoms with Gasteiger partial charge in [-0.3, -0.25) is 4.79 Å². The zero-order valence-electron chi connectivity index (χ0n) is 12.3. The van der Waals surface area contributed by atoms with E-state index in [-0.39, 0.29) is 24.5 Å². The van der Waals surface area contributed by atoms with Gasteiger partial charge in [-0.15, -0.1) is 0 Å². The first-order chi connectivity index (χ1) is 9.90.